The third kappa shape index (κ3) is 3.44. The zero-order valence-corrected chi connectivity index (χ0v) is 20.3. The van der Waals surface area contributed by atoms with E-state index in [2.05, 4.69) is 19.2 Å². The maximum Gasteiger partial charge on any atom is 0.407 e. The minimum Gasteiger partial charge on any atom is -0.444 e. The van der Waals surface area contributed by atoms with Gasteiger partial charge in [-0.2, -0.15) is 0 Å². The van der Waals surface area contributed by atoms with Gasteiger partial charge in [-0.1, -0.05) is 13.8 Å². The quantitative estimate of drug-likeness (QED) is 0.579. The molecule has 1 aliphatic heterocycles. The Balaban J connectivity index is 1.28. The average molecular weight is 434 g/mol. The highest BCUT2D eigenvalue weighted by Gasteiger charge is 2.67. The first-order chi connectivity index (χ1) is 14.6. The summed E-state index contributed by atoms with van der Waals surface area (Å²) < 4.78 is 18.1. The molecule has 5 heteroatoms. The van der Waals surface area contributed by atoms with E-state index in [0.29, 0.717) is 11.3 Å². The van der Waals surface area contributed by atoms with Gasteiger partial charge >= 0.3 is 6.09 Å². The first-order valence-corrected chi connectivity index (χ1v) is 12.8. The maximum atomic E-state index is 12.3. The van der Waals surface area contributed by atoms with Crippen LogP contribution >= 0.6 is 0 Å². The Morgan fingerprint density at radius 2 is 1.65 bits per heavy atom. The summed E-state index contributed by atoms with van der Waals surface area (Å²) in [6.07, 6.45) is 10.7. The summed E-state index contributed by atoms with van der Waals surface area (Å²) in [6.45, 7) is 12.4. The van der Waals surface area contributed by atoms with Gasteiger partial charge in [-0.3, -0.25) is 0 Å². The standard InChI is InChI=1S/C26H43NO4/c1-23(2,3)31-22(28)27-18-8-11-24(4)17(16-18)6-7-19-20(24)9-12-25(5)21(19)10-13-26(25)29-14-15-30-26/h17-21H,6-16H2,1-5H3,(H,27,28)/t17?,18-,19+,20-,21-,24-,25-/m0/s1. The van der Waals surface area contributed by atoms with Gasteiger partial charge in [0.2, 0.25) is 0 Å². The number of alkyl carbamates (subject to hydrolysis) is 1. The van der Waals surface area contributed by atoms with Crippen molar-refractivity contribution >= 4 is 6.09 Å². The summed E-state index contributed by atoms with van der Waals surface area (Å²) in [5.41, 5.74) is 0.151. The number of amides is 1. The van der Waals surface area contributed by atoms with E-state index >= 15 is 0 Å². The first kappa shape index (κ1) is 22.0. The molecule has 7 atom stereocenters. The van der Waals surface area contributed by atoms with E-state index in [0.717, 1.165) is 50.2 Å². The zero-order chi connectivity index (χ0) is 22.1. The van der Waals surface area contributed by atoms with Crippen LogP contribution in [-0.2, 0) is 14.2 Å². The lowest BCUT2D eigenvalue weighted by molar-refractivity contribution is -0.247. The van der Waals surface area contributed by atoms with Crippen molar-refractivity contribution in [1.82, 2.24) is 5.32 Å². The molecule has 1 amide bonds. The maximum absolute atomic E-state index is 12.3. The highest BCUT2D eigenvalue weighted by Crippen LogP contribution is 2.69. The summed E-state index contributed by atoms with van der Waals surface area (Å²) in [7, 11) is 0. The van der Waals surface area contributed by atoms with Crippen molar-refractivity contribution in [3.05, 3.63) is 0 Å². The lowest BCUT2D eigenvalue weighted by Gasteiger charge is -2.61. The lowest BCUT2D eigenvalue weighted by Crippen LogP contribution is -2.58. The van der Waals surface area contributed by atoms with Crippen molar-refractivity contribution in [3.8, 4) is 0 Å². The van der Waals surface area contributed by atoms with Crippen LogP contribution in [0.2, 0.25) is 0 Å². The number of nitrogens with one attached hydrogen (secondary N) is 1. The average Bonchev–Trinajstić information content (AvgIpc) is 3.27. The van der Waals surface area contributed by atoms with Crippen LogP contribution < -0.4 is 5.32 Å². The number of hydrogen-bond donors (Lipinski definition) is 1. The Morgan fingerprint density at radius 3 is 2.35 bits per heavy atom. The van der Waals surface area contributed by atoms with Gasteiger partial charge in [0.1, 0.15) is 5.60 Å². The van der Waals surface area contributed by atoms with E-state index in [1.165, 1.54) is 38.5 Å². The van der Waals surface area contributed by atoms with Crippen LogP contribution in [-0.4, -0.2) is 36.7 Å². The van der Waals surface area contributed by atoms with Crippen molar-refractivity contribution in [3.63, 3.8) is 0 Å². The number of carbonyl (C=O) groups excluding carboxylic acids is 1. The summed E-state index contributed by atoms with van der Waals surface area (Å²) in [5, 5.41) is 3.18. The predicted molar refractivity (Wildman–Crippen MR) is 120 cm³/mol. The molecule has 1 N–H and O–H groups in total. The number of rotatable bonds is 1. The molecule has 0 aromatic heterocycles. The first-order valence-electron chi connectivity index (χ1n) is 12.8. The van der Waals surface area contributed by atoms with Crippen LogP contribution in [0.3, 0.4) is 0 Å². The molecule has 4 aliphatic carbocycles. The van der Waals surface area contributed by atoms with Gasteiger partial charge in [0.15, 0.2) is 5.79 Å². The summed E-state index contributed by atoms with van der Waals surface area (Å²) >= 11 is 0. The fraction of sp³-hybridized carbons (Fsp3) is 0.962. The third-order valence-corrected chi connectivity index (χ3v) is 10.2. The fourth-order valence-electron chi connectivity index (χ4n) is 8.75. The van der Waals surface area contributed by atoms with Gasteiger partial charge in [-0.15, -0.1) is 0 Å². The fourth-order valence-corrected chi connectivity index (χ4v) is 8.75. The molecule has 31 heavy (non-hydrogen) atoms. The molecule has 176 valence electrons. The predicted octanol–water partition coefficient (Wildman–Crippen LogP) is 5.67. The molecule has 5 fully saturated rings. The van der Waals surface area contributed by atoms with E-state index < -0.39 is 5.60 Å². The van der Waals surface area contributed by atoms with Gasteiger partial charge in [0.25, 0.3) is 0 Å². The van der Waals surface area contributed by atoms with Gasteiger partial charge in [0, 0.05) is 17.9 Å². The van der Waals surface area contributed by atoms with Crippen molar-refractivity contribution in [2.24, 2.45) is 34.5 Å². The van der Waals surface area contributed by atoms with Crippen LogP contribution in [0.1, 0.15) is 92.4 Å². The number of carbonyl (C=O) groups is 1. The Hall–Kier alpha value is -0.810. The number of ether oxygens (including phenoxy) is 3. The van der Waals surface area contributed by atoms with E-state index in [4.69, 9.17) is 14.2 Å². The molecule has 1 unspecified atom stereocenters. The number of fused-ring (bicyclic) bond motifs is 6. The Morgan fingerprint density at radius 1 is 0.935 bits per heavy atom. The van der Waals surface area contributed by atoms with E-state index in [9.17, 15) is 4.79 Å². The molecule has 0 aromatic carbocycles. The molecule has 1 saturated heterocycles. The SMILES string of the molecule is CC(C)(C)OC(=O)N[C@H]1CC[C@@]2(C)C(CC[C@@H]3[C@@H]2CC[C@@]2(C)[C@H]3CCC23OCCO3)C1. The molecule has 0 bridgehead atoms. The second-order valence-corrected chi connectivity index (χ2v) is 12.7. The third-order valence-electron chi connectivity index (χ3n) is 10.2. The molecular formula is C26H43NO4. The lowest BCUT2D eigenvalue weighted by atomic mass is 9.45. The monoisotopic (exact) mass is 433 g/mol. The highest BCUT2D eigenvalue weighted by atomic mass is 16.7. The van der Waals surface area contributed by atoms with E-state index in [1.807, 2.05) is 20.8 Å². The molecule has 5 nitrogen and oxygen atoms in total. The Labute approximate surface area is 188 Å². The van der Waals surface area contributed by atoms with Crippen LogP contribution in [0.4, 0.5) is 4.79 Å². The molecular weight excluding hydrogens is 390 g/mol. The molecule has 5 aliphatic rings. The normalized spacial score (nSPS) is 46.2. The Kier molecular flexibility index (Phi) is 5.22. The molecule has 4 saturated carbocycles. The molecule has 0 radical (unpaired) electrons. The second kappa shape index (κ2) is 7.35. The molecule has 0 aromatic rings. The summed E-state index contributed by atoms with van der Waals surface area (Å²) in [4.78, 5) is 12.3. The highest BCUT2D eigenvalue weighted by molar-refractivity contribution is 5.68. The van der Waals surface area contributed by atoms with Gasteiger partial charge < -0.3 is 19.5 Å². The van der Waals surface area contributed by atoms with Gasteiger partial charge in [0.05, 0.1) is 13.2 Å². The van der Waals surface area contributed by atoms with Crippen LogP contribution in [0.25, 0.3) is 0 Å². The summed E-state index contributed by atoms with van der Waals surface area (Å²) in [5.74, 6) is 2.77. The van der Waals surface area contributed by atoms with E-state index in [1.54, 1.807) is 0 Å². The van der Waals surface area contributed by atoms with Crippen LogP contribution in [0, 0.1) is 34.5 Å². The van der Waals surface area contributed by atoms with Gasteiger partial charge in [-0.05, 0) is 101 Å². The van der Waals surface area contributed by atoms with Crippen molar-refractivity contribution in [2.75, 3.05) is 13.2 Å². The Bertz CT molecular complexity index is 711. The zero-order valence-electron chi connectivity index (χ0n) is 20.3. The van der Waals surface area contributed by atoms with Crippen molar-refractivity contribution in [2.45, 2.75) is 110 Å². The largest absolute Gasteiger partial charge is 0.444 e. The van der Waals surface area contributed by atoms with Crippen LogP contribution in [0.15, 0.2) is 0 Å². The van der Waals surface area contributed by atoms with Crippen molar-refractivity contribution in [1.29, 1.82) is 0 Å². The molecule has 1 spiro atoms. The van der Waals surface area contributed by atoms with Gasteiger partial charge in [-0.25, -0.2) is 4.79 Å². The second-order valence-electron chi connectivity index (χ2n) is 12.7. The molecule has 5 rings (SSSR count). The minimum absolute atomic E-state index is 0.184. The van der Waals surface area contributed by atoms with E-state index in [-0.39, 0.29) is 23.3 Å². The smallest absolute Gasteiger partial charge is 0.407 e. The number of hydrogen-bond acceptors (Lipinski definition) is 4. The topological polar surface area (TPSA) is 56.8 Å². The summed E-state index contributed by atoms with van der Waals surface area (Å²) in [6, 6.07) is 0.258. The minimum atomic E-state index is -0.439. The van der Waals surface area contributed by atoms with Crippen LogP contribution in [0.5, 0.6) is 0 Å². The molecule has 1 heterocycles. The van der Waals surface area contributed by atoms with Crippen molar-refractivity contribution < 1.29 is 19.0 Å².